The second-order valence-electron chi connectivity index (χ2n) is 28.2. The molecule has 29 heteroatoms. The highest BCUT2D eigenvalue weighted by Crippen LogP contribution is 2.76. The van der Waals surface area contributed by atoms with Gasteiger partial charge < -0.3 is 139 Å². The van der Waals surface area contributed by atoms with Crippen molar-refractivity contribution < 1.29 is 144 Å². The van der Waals surface area contributed by atoms with Gasteiger partial charge in [0.05, 0.1) is 64.1 Å². The SMILES string of the molecule is C[C@@H]1O[C@@H](O[C@H]2[C@H](OC(=O)[C@]34CCC(C)(C)C[C@H]3C3=CC[C@H]5C(C)(CC[C@H]6C(CO)(CO)[C@@H](O[C@@H]7O[C@H](CO)[C@@H](O)[C@H](O[C@@H]8O[C@H](CO)[C@@H](O)[C@H](O)[C@H]8O)[C@H]7O)[C@@H](O)C[C@@]65C)C3(C)CC4O)OC[C@H](O)[C@@H]2O)[C@H](O)[C@H](O)[C@H]1O[C@@H]1OC[C@@H](O)[C@H](O)[C@H]1O. The fourth-order valence-corrected chi connectivity index (χ4v) is 17.7. The van der Waals surface area contributed by atoms with E-state index in [-0.39, 0.29) is 30.6 Å². The molecule has 0 aromatic carbocycles. The Kier molecular flexibility index (Phi) is 19.6. The highest BCUT2D eigenvalue weighted by atomic mass is 16.8. The third kappa shape index (κ3) is 11.1. The van der Waals surface area contributed by atoms with Gasteiger partial charge in [-0.25, -0.2) is 0 Å². The summed E-state index contributed by atoms with van der Waals surface area (Å²) in [5.74, 6) is -2.42. The van der Waals surface area contributed by atoms with E-state index in [9.17, 15) is 91.9 Å². The van der Waals surface area contributed by atoms with E-state index in [1.54, 1.807) is 0 Å². The molecule has 0 bridgehead atoms. The maximum Gasteiger partial charge on any atom is 0.317 e. The highest BCUT2D eigenvalue weighted by Gasteiger charge is 2.74. The number of allylic oxidation sites excluding steroid dienone is 2. The summed E-state index contributed by atoms with van der Waals surface area (Å²) in [5.41, 5.74) is -5.13. The van der Waals surface area contributed by atoms with Crippen molar-refractivity contribution in [2.24, 2.45) is 50.2 Å². The first-order valence-electron chi connectivity index (χ1n) is 30.5. The summed E-state index contributed by atoms with van der Waals surface area (Å²) in [6, 6.07) is 0. The maximum absolute atomic E-state index is 15.4. The van der Waals surface area contributed by atoms with E-state index in [0.717, 1.165) is 5.57 Å². The topological polar surface area (TPSA) is 474 Å². The Balaban J connectivity index is 0.890. The van der Waals surface area contributed by atoms with E-state index < -0.39 is 244 Å². The molecule has 9 fully saturated rings. The van der Waals surface area contributed by atoms with Crippen molar-refractivity contribution in [1.82, 2.24) is 0 Å². The fraction of sp³-hybridized carbons (Fsp3) is 0.948. The Morgan fingerprint density at radius 2 is 1.10 bits per heavy atom. The van der Waals surface area contributed by atoms with Crippen molar-refractivity contribution >= 4 is 5.97 Å². The van der Waals surface area contributed by atoms with Crippen LogP contribution in [0.15, 0.2) is 11.6 Å². The number of carbonyl (C=O) groups excluding carboxylic acids is 1. The number of aliphatic hydroxyl groups excluding tert-OH is 18. The van der Waals surface area contributed by atoms with Crippen LogP contribution in [0.25, 0.3) is 0 Å². The van der Waals surface area contributed by atoms with E-state index in [1.165, 1.54) is 6.92 Å². The number of carbonyl (C=O) groups is 1. The van der Waals surface area contributed by atoms with E-state index in [2.05, 4.69) is 33.8 Å². The molecule has 5 aliphatic heterocycles. The van der Waals surface area contributed by atoms with Gasteiger partial charge >= 0.3 is 5.97 Å². The van der Waals surface area contributed by atoms with Crippen LogP contribution in [0.3, 0.4) is 0 Å². The van der Waals surface area contributed by atoms with Gasteiger partial charge in [0.25, 0.3) is 0 Å². The highest BCUT2D eigenvalue weighted by molar-refractivity contribution is 5.80. The van der Waals surface area contributed by atoms with Crippen LogP contribution in [0.2, 0.25) is 0 Å². The molecule has 87 heavy (non-hydrogen) atoms. The zero-order chi connectivity index (χ0) is 63.6. The molecule has 5 aliphatic carbocycles. The predicted molar refractivity (Wildman–Crippen MR) is 288 cm³/mol. The third-order valence-corrected chi connectivity index (χ3v) is 22.9. The van der Waals surface area contributed by atoms with Gasteiger partial charge in [-0.2, -0.15) is 0 Å². The van der Waals surface area contributed by atoms with Crippen LogP contribution in [0.1, 0.15) is 92.9 Å². The summed E-state index contributed by atoms with van der Waals surface area (Å²) in [6.45, 7) is 7.74. The number of hydrogen-bond acceptors (Lipinski definition) is 29. The smallest absolute Gasteiger partial charge is 0.317 e. The predicted octanol–water partition coefficient (Wildman–Crippen LogP) is -6.02. The molecular weight excluding hydrogens is 1160 g/mol. The number of rotatable bonds is 14. The Bertz CT molecular complexity index is 2420. The molecule has 0 aromatic heterocycles. The van der Waals surface area contributed by atoms with Crippen molar-refractivity contribution in [3.05, 3.63) is 11.6 Å². The van der Waals surface area contributed by atoms with Crippen LogP contribution in [0, 0.1) is 50.2 Å². The number of aliphatic hydroxyl groups is 18. The van der Waals surface area contributed by atoms with Crippen LogP contribution < -0.4 is 0 Å². The van der Waals surface area contributed by atoms with Gasteiger partial charge in [-0.05, 0) is 97.7 Å². The van der Waals surface area contributed by atoms with Gasteiger partial charge in [-0.15, -0.1) is 0 Å². The van der Waals surface area contributed by atoms with E-state index in [4.69, 9.17) is 47.4 Å². The molecule has 33 atom stereocenters. The van der Waals surface area contributed by atoms with Gasteiger partial charge in [-0.1, -0.05) is 46.3 Å². The third-order valence-electron chi connectivity index (χ3n) is 22.9. The maximum atomic E-state index is 15.4. The number of esters is 1. The largest absolute Gasteiger partial charge is 0.432 e. The van der Waals surface area contributed by atoms with E-state index in [0.29, 0.717) is 32.1 Å². The summed E-state index contributed by atoms with van der Waals surface area (Å²) in [6.07, 6.45) is -38.9. The lowest BCUT2D eigenvalue weighted by Gasteiger charge is -2.72. The lowest BCUT2D eigenvalue weighted by atomic mass is 9.33. The standard InChI is InChI=1S/C58H94O29/c1-22-43(83-47-39(73)33(67)26(64)18-78-47)38(72)41(75)48(80-22)85-45-34(68)27(65)19-79-51(45)87-52(77)58-12-11-53(2,3)13-24(58)23-7-8-30-54(4)14-25(63)46(57(20-61,21-62)31(54)9-10-55(30,5)56(23,6)15-32(58)66)86-50-42(76)44(36(70)29(17-60)82-50)84-49-40(74)37(71)35(69)28(16-59)81-49/h7,22,24-51,59-76H,8-21H2,1-6H3/t22-,24-,25-,26+,27-,28+,29+,30+,31+,32?,33-,34-,35+,36+,37-,38-,39+,40+,41+,42+,43-,44-,45+,46-,47-,48-,49-,50-,51-,54+,55?,56?,58+/m0/s1. The monoisotopic (exact) mass is 1250 g/mol. The van der Waals surface area contributed by atoms with Gasteiger partial charge in [0.1, 0.15) is 103 Å². The molecule has 5 heterocycles. The van der Waals surface area contributed by atoms with Crippen LogP contribution in [-0.4, -0.2) is 297 Å². The second-order valence-corrected chi connectivity index (χ2v) is 28.2. The number of hydrogen-bond donors (Lipinski definition) is 18. The van der Waals surface area contributed by atoms with Crippen LogP contribution in [0.4, 0.5) is 0 Å². The summed E-state index contributed by atoms with van der Waals surface area (Å²) in [4.78, 5) is 15.4. The quantitative estimate of drug-likeness (QED) is 0.0437. The Morgan fingerprint density at radius 1 is 0.540 bits per heavy atom. The first kappa shape index (κ1) is 68.0. The molecule has 10 aliphatic rings. The summed E-state index contributed by atoms with van der Waals surface area (Å²) < 4.78 is 58.7. The molecule has 0 spiro atoms. The summed E-state index contributed by atoms with van der Waals surface area (Å²) >= 11 is 0. The van der Waals surface area contributed by atoms with Crippen LogP contribution in [0.5, 0.6) is 0 Å². The molecule has 0 aromatic rings. The van der Waals surface area contributed by atoms with Crippen molar-refractivity contribution in [2.45, 2.75) is 253 Å². The average molecular weight is 1260 g/mol. The summed E-state index contributed by atoms with van der Waals surface area (Å²) in [7, 11) is 0. The number of ether oxygens (including phenoxy) is 10. The molecule has 0 amide bonds. The molecule has 5 saturated heterocycles. The number of fused-ring (bicyclic) bond motifs is 7. The van der Waals surface area contributed by atoms with Crippen molar-refractivity contribution in [3.8, 4) is 0 Å². The van der Waals surface area contributed by atoms with Crippen molar-refractivity contribution in [1.29, 1.82) is 0 Å². The lowest BCUT2D eigenvalue weighted by Crippen LogP contribution is -2.72. The molecule has 29 nitrogen and oxygen atoms in total. The molecule has 500 valence electrons. The van der Waals surface area contributed by atoms with Crippen LogP contribution >= 0.6 is 0 Å². The lowest BCUT2D eigenvalue weighted by molar-refractivity contribution is -0.377. The Hall–Kier alpha value is -1.87. The van der Waals surface area contributed by atoms with Crippen LogP contribution in [-0.2, 0) is 52.2 Å². The first-order chi connectivity index (χ1) is 40.8. The minimum absolute atomic E-state index is 0.0230. The van der Waals surface area contributed by atoms with Crippen molar-refractivity contribution in [3.63, 3.8) is 0 Å². The van der Waals surface area contributed by atoms with E-state index in [1.807, 2.05) is 6.92 Å². The first-order valence-corrected chi connectivity index (χ1v) is 30.5. The van der Waals surface area contributed by atoms with Gasteiger partial charge in [-0.3, -0.25) is 4.79 Å². The van der Waals surface area contributed by atoms with Gasteiger partial charge in [0, 0.05) is 5.41 Å². The molecule has 10 rings (SSSR count). The fourth-order valence-electron chi connectivity index (χ4n) is 17.7. The molecule has 0 radical (unpaired) electrons. The molecule has 3 unspecified atom stereocenters. The minimum atomic E-state index is -1.98. The molecule has 4 saturated carbocycles. The van der Waals surface area contributed by atoms with Crippen molar-refractivity contribution in [2.75, 3.05) is 39.6 Å². The molecule has 18 N–H and O–H groups in total. The molecular formula is C58H94O29. The Morgan fingerprint density at radius 3 is 1.75 bits per heavy atom. The average Bonchev–Trinajstić information content (AvgIpc) is 0.673. The zero-order valence-electron chi connectivity index (χ0n) is 49.8. The van der Waals surface area contributed by atoms with Gasteiger partial charge in [0.2, 0.25) is 6.29 Å². The zero-order valence-corrected chi connectivity index (χ0v) is 49.8. The minimum Gasteiger partial charge on any atom is -0.432 e. The normalized spacial score (nSPS) is 54.0. The van der Waals surface area contributed by atoms with E-state index >= 15 is 4.79 Å². The summed E-state index contributed by atoms with van der Waals surface area (Å²) in [5, 5.41) is 199. The Labute approximate surface area is 502 Å². The van der Waals surface area contributed by atoms with Gasteiger partial charge in [0.15, 0.2) is 31.3 Å². The second kappa shape index (κ2) is 25.1.